The Bertz CT molecular complexity index is 84.0. The highest BCUT2D eigenvalue weighted by Gasteiger charge is 2.05. The van der Waals surface area contributed by atoms with E-state index in [2.05, 4.69) is 27.7 Å². The topological polar surface area (TPSA) is 0 Å². The van der Waals surface area contributed by atoms with Crippen molar-refractivity contribution >= 4 is 0 Å². The lowest BCUT2D eigenvalue weighted by Crippen LogP contribution is -2.03. The standard InChI is InChI=1S/C12H26.CH4/c1-5-6-7-8-9-10-12(4)11(2)3;/h11-12H,5-10H2,1-4H3;1H4. The molecule has 0 amide bonds. The van der Waals surface area contributed by atoms with Crippen molar-refractivity contribution in [2.75, 3.05) is 0 Å². The van der Waals surface area contributed by atoms with Crippen LogP contribution < -0.4 is 0 Å². The van der Waals surface area contributed by atoms with E-state index in [1.165, 1.54) is 38.5 Å². The molecule has 0 N–H and O–H groups in total. The maximum atomic E-state index is 2.38. The van der Waals surface area contributed by atoms with Crippen LogP contribution in [0.3, 0.4) is 0 Å². The normalized spacial score (nSPS) is 12.7. The largest absolute Gasteiger partial charge is 0.0776 e. The minimum absolute atomic E-state index is 0. The molecule has 0 aliphatic rings. The first-order chi connectivity index (χ1) is 5.68. The third kappa shape index (κ3) is 9.92. The number of hydrogen-bond donors (Lipinski definition) is 0. The Morgan fingerprint density at radius 2 is 1.38 bits per heavy atom. The summed E-state index contributed by atoms with van der Waals surface area (Å²) < 4.78 is 0. The molecule has 0 aromatic heterocycles. The molecule has 0 aliphatic heterocycles. The fourth-order valence-electron chi connectivity index (χ4n) is 1.40. The Morgan fingerprint density at radius 3 is 1.85 bits per heavy atom. The third-order valence-electron chi connectivity index (χ3n) is 2.90. The van der Waals surface area contributed by atoms with Gasteiger partial charge in [-0.25, -0.2) is 0 Å². The lowest BCUT2D eigenvalue weighted by atomic mass is 9.92. The second-order valence-electron chi connectivity index (χ2n) is 4.42. The zero-order valence-electron chi connectivity index (χ0n) is 9.40. The first-order valence-corrected chi connectivity index (χ1v) is 5.68. The van der Waals surface area contributed by atoms with Gasteiger partial charge in [-0.2, -0.15) is 0 Å². The van der Waals surface area contributed by atoms with Crippen molar-refractivity contribution in [2.45, 2.75) is 73.6 Å². The second kappa shape index (κ2) is 10.1. The van der Waals surface area contributed by atoms with Crippen molar-refractivity contribution in [2.24, 2.45) is 11.8 Å². The highest BCUT2D eigenvalue weighted by Crippen LogP contribution is 2.18. The van der Waals surface area contributed by atoms with E-state index in [9.17, 15) is 0 Å². The van der Waals surface area contributed by atoms with Crippen LogP contribution in [0, 0.1) is 11.8 Å². The molecule has 0 saturated heterocycles. The van der Waals surface area contributed by atoms with Gasteiger partial charge in [0, 0.05) is 0 Å². The van der Waals surface area contributed by atoms with Crippen LogP contribution >= 0.6 is 0 Å². The summed E-state index contributed by atoms with van der Waals surface area (Å²) in [5.41, 5.74) is 0. The van der Waals surface area contributed by atoms with Gasteiger partial charge in [0.15, 0.2) is 0 Å². The molecule has 0 nitrogen and oxygen atoms in total. The molecule has 0 saturated carbocycles. The highest BCUT2D eigenvalue weighted by atomic mass is 14.1. The Labute approximate surface area is 86.1 Å². The van der Waals surface area contributed by atoms with E-state index in [0.717, 1.165) is 11.8 Å². The summed E-state index contributed by atoms with van der Waals surface area (Å²) in [4.78, 5) is 0. The maximum absolute atomic E-state index is 2.38. The van der Waals surface area contributed by atoms with Gasteiger partial charge in [-0.15, -0.1) is 0 Å². The molecule has 0 bridgehead atoms. The molecule has 0 heterocycles. The molecule has 0 radical (unpaired) electrons. The minimum Gasteiger partial charge on any atom is -0.0776 e. The molecule has 0 aromatic rings. The van der Waals surface area contributed by atoms with E-state index in [0.29, 0.717) is 0 Å². The van der Waals surface area contributed by atoms with Crippen molar-refractivity contribution in [1.82, 2.24) is 0 Å². The van der Waals surface area contributed by atoms with Crippen LogP contribution in [0.1, 0.15) is 73.6 Å². The summed E-state index contributed by atoms with van der Waals surface area (Å²) in [6, 6.07) is 0. The SMILES string of the molecule is C.CCCCCCCC(C)C(C)C. The number of rotatable bonds is 7. The van der Waals surface area contributed by atoms with Crippen molar-refractivity contribution < 1.29 is 0 Å². The van der Waals surface area contributed by atoms with Crippen LogP contribution in [-0.2, 0) is 0 Å². The molecule has 13 heavy (non-hydrogen) atoms. The van der Waals surface area contributed by atoms with Gasteiger partial charge in [0.25, 0.3) is 0 Å². The third-order valence-corrected chi connectivity index (χ3v) is 2.90. The predicted octanol–water partition coefficient (Wildman–Crippen LogP) is 5.28. The Hall–Kier alpha value is 0. The summed E-state index contributed by atoms with van der Waals surface area (Å²) in [5, 5.41) is 0. The molecule has 0 aliphatic carbocycles. The van der Waals surface area contributed by atoms with Crippen LogP contribution in [0.4, 0.5) is 0 Å². The molecule has 0 heteroatoms. The predicted molar refractivity (Wildman–Crippen MR) is 64.1 cm³/mol. The van der Waals surface area contributed by atoms with E-state index in [4.69, 9.17) is 0 Å². The second-order valence-corrected chi connectivity index (χ2v) is 4.42. The van der Waals surface area contributed by atoms with Crippen LogP contribution in [0.25, 0.3) is 0 Å². The summed E-state index contributed by atoms with van der Waals surface area (Å²) in [6.07, 6.45) is 8.56. The zero-order valence-corrected chi connectivity index (χ0v) is 9.40. The molecule has 0 fully saturated rings. The minimum atomic E-state index is 0. The van der Waals surface area contributed by atoms with Crippen molar-refractivity contribution in [3.8, 4) is 0 Å². The average molecular weight is 186 g/mol. The summed E-state index contributed by atoms with van der Waals surface area (Å²) in [7, 11) is 0. The van der Waals surface area contributed by atoms with Crippen molar-refractivity contribution in [3.63, 3.8) is 0 Å². The van der Waals surface area contributed by atoms with Crippen LogP contribution in [0.2, 0.25) is 0 Å². The van der Waals surface area contributed by atoms with Crippen molar-refractivity contribution in [3.05, 3.63) is 0 Å². The van der Waals surface area contributed by atoms with Gasteiger partial charge < -0.3 is 0 Å². The Balaban J connectivity index is 0. The summed E-state index contributed by atoms with van der Waals surface area (Å²) in [5.74, 6) is 1.79. The van der Waals surface area contributed by atoms with Crippen LogP contribution in [0.15, 0.2) is 0 Å². The van der Waals surface area contributed by atoms with Gasteiger partial charge in [-0.3, -0.25) is 0 Å². The zero-order chi connectivity index (χ0) is 9.40. The first kappa shape index (κ1) is 15.5. The average Bonchev–Trinajstić information content (AvgIpc) is 2.03. The van der Waals surface area contributed by atoms with Crippen LogP contribution in [0.5, 0.6) is 0 Å². The fourth-order valence-corrected chi connectivity index (χ4v) is 1.40. The van der Waals surface area contributed by atoms with Gasteiger partial charge >= 0.3 is 0 Å². The van der Waals surface area contributed by atoms with Crippen molar-refractivity contribution in [1.29, 1.82) is 0 Å². The molecule has 1 unspecified atom stereocenters. The van der Waals surface area contributed by atoms with Gasteiger partial charge in [0.2, 0.25) is 0 Å². The van der Waals surface area contributed by atoms with E-state index in [1.807, 2.05) is 0 Å². The van der Waals surface area contributed by atoms with E-state index in [-0.39, 0.29) is 7.43 Å². The Morgan fingerprint density at radius 1 is 0.846 bits per heavy atom. The lowest BCUT2D eigenvalue weighted by molar-refractivity contribution is 0.375. The molecule has 0 spiro atoms. The van der Waals surface area contributed by atoms with Gasteiger partial charge in [0.1, 0.15) is 0 Å². The number of unbranched alkanes of at least 4 members (excludes halogenated alkanes) is 4. The van der Waals surface area contributed by atoms with E-state index < -0.39 is 0 Å². The van der Waals surface area contributed by atoms with Gasteiger partial charge in [-0.05, 0) is 11.8 Å². The van der Waals surface area contributed by atoms with Gasteiger partial charge in [-0.1, -0.05) is 73.6 Å². The van der Waals surface area contributed by atoms with Gasteiger partial charge in [0.05, 0.1) is 0 Å². The molecule has 82 valence electrons. The first-order valence-electron chi connectivity index (χ1n) is 5.68. The van der Waals surface area contributed by atoms with E-state index >= 15 is 0 Å². The molecule has 0 rings (SSSR count). The monoisotopic (exact) mass is 186 g/mol. The Kier molecular flexibility index (Phi) is 12.0. The van der Waals surface area contributed by atoms with E-state index in [1.54, 1.807) is 0 Å². The smallest absolute Gasteiger partial charge is 0.0420 e. The fraction of sp³-hybridized carbons (Fsp3) is 1.00. The molecule has 0 aromatic carbocycles. The summed E-state index contributed by atoms with van der Waals surface area (Å²) >= 11 is 0. The lowest BCUT2D eigenvalue weighted by Gasteiger charge is -2.14. The maximum Gasteiger partial charge on any atom is -0.0420 e. The molecular weight excluding hydrogens is 156 g/mol. The highest BCUT2D eigenvalue weighted by molar-refractivity contribution is 4.57. The summed E-state index contributed by atoms with van der Waals surface area (Å²) in [6.45, 7) is 9.31. The molecule has 1 atom stereocenters. The quantitative estimate of drug-likeness (QED) is 0.475. The van der Waals surface area contributed by atoms with Crippen LogP contribution in [-0.4, -0.2) is 0 Å². The number of hydrogen-bond acceptors (Lipinski definition) is 0. The molecular formula is C13H30.